The zero-order valence-electron chi connectivity index (χ0n) is 11.9. The molecule has 0 aliphatic carbocycles. The van der Waals surface area contributed by atoms with Crippen LogP contribution in [0.1, 0.15) is 19.8 Å². The third kappa shape index (κ3) is 7.64. The number of aromatic nitrogens is 1. The summed E-state index contributed by atoms with van der Waals surface area (Å²) in [4.78, 5) is 4.47. The summed E-state index contributed by atoms with van der Waals surface area (Å²) in [6, 6.07) is 5.96. The van der Waals surface area contributed by atoms with Gasteiger partial charge in [-0.15, -0.1) is 0 Å². The molecule has 5 nitrogen and oxygen atoms in total. The quantitative estimate of drug-likeness (QED) is 0.603. The van der Waals surface area contributed by atoms with Crippen molar-refractivity contribution >= 4 is 11.6 Å². The van der Waals surface area contributed by atoms with Gasteiger partial charge < -0.3 is 20.1 Å². The molecule has 1 heterocycles. The van der Waals surface area contributed by atoms with Gasteiger partial charge in [0.2, 0.25) is 0 Å². The third-order valence-electron chi connectivity index (χ3n) is 2.51. The Morgan fingerprint density at radius 1 is 1.05 bits per heavy atom. The van der Waals surface area contributed by atoms with Crippen LogP contribution in [0.5, 0.6) is 0 Å². The molecule has 5 heteroatoms. The highest BCUT2D eigenvalue weighted by molar-refractivity contribution is 5.44. The van der Waals surface area contributed by atoms with Gasteiger partial charge in [0.15, 0.2) is 0 Å². The van der Waals surface area contributed by atoms with Gasteiger partial charge in [-0.05, 0) is 25.0 Å². The van der Waals surface area contributed by atoms with Crippen LogP contribution in [0.4, 0.5) is 11.6 Å². The van der Waals surface area contributed by atoms with Crippen molar-refractivity contribution in [1.29, 1.82) is 0 Å². The second kappa shape index (κ2) is 10.6. The van der Waals surface area contributed by atoms with Crippen LogP contribution in [-0.2, 0) is 9.47 Å². The van der Waals surface area contributed by atoms with Gasteiger partial charge >= 0.3 is 0 Å². The molecule has 0 fully saturated rings. The van der Waals surface area contributed by atoms with Gasteiger partial charge in [0.05, 0.1) is 13.2 Å². The zero-order chi connectivity index (χ0) is 13.8. The molecule has 0 amide bonds. The average Bonchev–Trinajstić information content (AvgIpc) is 2.44. The van der Waals surface area contributed by atoms with E-state index in [0.717, 1.165) is 44.2 Å². The van der Waals surface area contributed by atoms with E-state index in [1.54, 1.807) is 7.11 Å². The summed E-state index contributed by atoms with van der Waals surface area (Å²) >= 11 is 0. The van der Waals surface area contributed by atoms with Crippen LogP contribution in [0.15, 0.2) is 18.2 Å². The van der Waals surface area contributed by atoms with Crippen molar-refractivity contribution in [1.82, 2.24) is 4.98 Å². The highest BCUT2D eigenvalue weighted by atomic mass is 16.5. The molecule has 0 saturated heterocycles. The molecule has 0 unspecified atom stereocenters. The van der Waals surface area contributed by atoms with Crippen LogP contribution >= 0.6 is 0 Å². The molecule has 0 atom stereocenters. The fourth-order valence-corrected chi connectivity index (χ4v) is 1.52. The van der Waals surface area contributed by atoms with Gasteiger partial charge in [-0.3, -0.25) is 0 Å². The van der Waals surface area contributed by atoms with Crippen LogP contribution in [0.3, 0.4) is 0 Å². The van der Waals surface area contributed by atoms with Crippen LogP contribution in [-0.4, -0.2) is 45.0 Å². The summed E-state index contributed by atoms with van der Waals surface area (Å²) in [7, 11) is 1.68. The van der Waals surface area contributed by atoms with Crippen molar-refractivity contribution < 1.29 is 9.47 Å². The third-order valence-corrected chi connectivity index (χ3v) is 2.51. The number of hydrogen-bond donors (Lipinski definition) is 2. The van der Waals surface area contributed by atoms with Crippen molar-refractivity contribution in [2.24, 2.45) is 0 Å². The van der Waals surface area contributed by atoms with Crippen LogP contribution in [0.2, 0.25) is 0 Å². The van der Waals surface area contributed by atoms with Crippen molar-refractivity contribution in [3.63, 3.8) is 0 Å². The van der Waals surface area contributed by atoms with E-state index in [2.05, 4.69) is 22.5 Å². The number of hydrogen-bond acceptors (Lipinski definition) is 5. The number of nitrogens with one attached hydrogen (secondary N) is 2. The monoisotopic (exact) mass is 267 g/mol. The number of rotatable bonds is 11. The molecule has 2 N–H and O–H groups in total. The average molecular weight is 267 g/mol. The van der Waals surface area contributed by atoms with Crippen molar-refractivity contribution in [2.45, 2.75) is 19.8 Å². The molecule has 0 saturated carbocycles. The van der Waals surface area contributed by atoms with Crippen LogP contribution in [0.25, 0.3) is 0 Å². The Hall–Kier alpha value is -1.33. The first-order valence-corrected chi connectivity index (χ1v) is 6.88. The molecule has 0 aliphatic heterocycles. The molecule has 1 aromatic heterocycles. The van der Waals surface area contributed by atoms with E-state index in [1.807, 2.05) is 18.2 Å². The minimum atomic E-state index is 0.653. The number of methoxy groups -OCH3 is 1. The molecule has 1 aromatic rings. The summed E-state index contributed by atoms with van der Waals surface area (Å²) in [5.74, 6) is 1.82. The Morgan fingerprint density at radius 2 is 1.79 bits per heavy atom. The number of ether oxygens (including phenoxy) is 2. The smallest absolute Gasteiger partial charge is 0.128 e. The lowest BCUT2D eigenvalue weighted by Crippen LogP contribution is -2.10. The molecule has 0 radical (unpaired) electrons. The highest BCUT2D eigenvalue weighted by Crippen LogP contribution is 2.08. The minimum Gasteiger partial charge on any atom is -0.382 e. The Kier molecular flexibility index (Phi) is 8.76. The first-order valence-electron chi connectivity index (χ1n) is 6.88. The van der Waals surface area contributed by atoms with E-state index < -0.39 is 0 Å². The Labute approximate surface area is 115 Å². The van der Waals surface area contributed by atoms with E-state index in [-0.39, 0.29) is 0 Å². The lowest BCUT2D eigenvalue weighted by Gasteiger charge is -2.08. The molecular formula is C14H25N3O2. The highest BCUT2D eigenvalue weighted by Gasteiger charge is 1.96. The predicted octanol–water partition coefficient (Wildman–Crippen LogP) is 2.37. The Bertz CT molecular complexity index is 334. The maximum absolute atomic E-state index is 5.39. The van der Waals surface area contributed by atoms with E-state index in [9.17, 15) is 0 Å². The van der Waals surface area contributed by atoms with E-state index in [0.29, 0.717) is 13.2 Å². The second-order valence-corrected chi connectivity index (χ2v) is 4.22. The summed E-state index contributed by atoms with van der Waals surface area (Å²) in [5, 5.41) is 6.56. The molecule has 108 valence electrons. The zero-order valence-corrected chi connectivity index (χ0v) is 11.9. The molecule has 0 bridgehead atoms. The van der Waals surface area contributed by atoms with Gasteiger partial charge in [0.1, 0.15) is 11.6 Å². The van der Waals surface area contributed by atoms with Crippen LogP contribution < -0.4 is 10.6 Å². The summed E-state index contributed by atoms with van der Waals surface area (Å²) in [6.07, 6.45) is 2.05. The largest absolute Gasteiger partial charge is 0.382 e. The maximum Gasteiger partial charge on any atom is 0.128 e. The first-order chi connectivity index (χ1) is 9.36. The van der Waals surface area contributed by atoms with Crippen molar-refractivity contribution in [2.75, 3.05) is 50.7 Å². The lowest BCUT2D eigenvalue weighted by atomic mass is 10.4. The van der Waals surface area contributed by atoms with Crippen LogP contribution in [0, 0.1) is 0 Å². The Balaban J connectivity index is 2.14. The second-order valence-electron chi connectivity index (χ2n) is 4.22. The number of pyridine rings is 1. The van der Waals surface area contributed by atoms with Crippen molar-refractivity contribution in [3.8, 4) is 0 Å². The lowest BCUT2D eigenvalue weighted by molar-refractivity contribution is 0.0705. The van der Waals surface area contributed by atoms with Gasteiger partial charge in [-0.1, -0.05) is 13.0 Å². The fourth-order valence-electron chi connectivity index (χ4n) is 1.52. The van der Waals surface area contributed by atoms with Gasteiger partial charge in [-0.2, -0.15) is 0 Å². The normalized spacial score (nSPS) is 10.4. The van der Waals surface area contributed by atoms with E-state index in [1.165, 1.54) is 0 Å². The van der Waals surface area contributed by atoms with Gasteiger partial charge in [0, 0.05) is 26.8 Å². The standard InChI is InChI=1S/C14H25N3O2/c1-3-8-15-13-6-4-7-14(17-13)16-9-5-10-19-12-11-18-2/h4,6-7H,3,5,8-12H2,1-2H3,(H2,15,16,17). The fraction of sp³-hybridized carbons (Fsp3) is 0.643. The topological polar surface area (TPSA) is 55.4 Å². The predicted molar refractivity (Wildman–Crippen MR) is 78.8 cm³/mol. The molecule has 0 spiro atoms. The van der Waals surface area contributed by atoms with Crippen molar-refractivity contribution in [3.05, 3.63) is 18.2 Å². The number of nitrogens with zero attached hydrogens (tertiary/aromatic N) is 1. The molecule has 0 aromatic carbocycles. The Morgan fingerprint density at radius 3 is 2.47 bits per heavy atom. The van der Waals surface area contributed by atoms with Gasteiger partial charge in [0.25, 0.3) is 0 Å². The summed E-state index contributed by atoms with van der Waals surface area (Å²) in [6.45, 7) is 6.00. The minimum absolute atomic E-state index is 0.653. The molecule has 0 aliphatic rings. The summed E-state index contributed by atoms with van der Waals surface area (Å²) in [5.41, 5.74) is 0. The van der Waals surface area contributed by atoms with E-state index in [4.69, 9.17) is 9.47 Å². The molecular weight excluding hydrogens is 242 g/mol. The first kappa shape index (κ1) is 15.7. The maximum atomic E-state index is 5.39. The van der Waals surface area contributed by atoms with Gasteiger partial charge in [-0.25, -0.2) is 4.98 Å². The van der Waals surface area contributed by atoms with E-state index >= 15 is 0 Å². The molecule has 19 heavy (non-hydrogen) atoms. The summed E-state index contributed by atoms with van der Waals surface area (Å²) < 4.78 is 10.3. The SMILES string of the molecule is CCCNc1cccc(NCCCOCCOC)n1. The molecule has 1 rings (SSSR count). The number of anilines is 2.